The molecule has 4 aromatic rings. The topological polar surface area (TPSA) is 124 Å². The van der Waals surface area contributed by atoms with Crippen LogP contribution in [0.25, 0.3) is 33.4 Å². The van der Waals surface area contributed by atoms with Gasteiger partial charge in [-0.3, -0.25) is 0 Å². The highest BCUT2D eigenvalue weighted by atomic mass is 16.3. The summed E-state index contributed by atoms with van der Waals surface area (Å²) >= 11 is 0. The lowest BCUT2D eigenvalue weighted by atomic mass is 9.91. The lowest BCUT2D eigenvalue weighted by Gasteiger charge is -2.13. The predicted molar refractivity (Wildman–Crippen MR) is 108 cm³/mol. The number of nitrogens with zero attached hydrogens (tertiary/aromatic N) is 4. The van der Waals surface area contributed by atoms with Crippen LogP contribution >= 0.6 is 0 Å². The van der Waals surface area contributed by atoms with Crippen LogP contribution in [0.2, 0.25) is 0 Å². The Morgan fingerprint density at radius 3 is 2.43 bits per heavy atom. The second kappa shape index (κ2) is 6.35. The van der Waals surface area contributed by atoms with Gasteiger partial charge in [0, 0.05) is 35.1 Å². The fourth-order valence-corrected chi connectivity index (χ4v) is 3.62. The third kappa shape index (κ3) is 2.55. The number of nitrogen functional groups attached to an aromatic ring is 1. The smallest absolute Gasteiger partial charge is 0.219 e. The van der Waals surface area contributed by atoms with Crippen molar-refractivity contribution in [1.82, 2.24) is 19.9 Å². The van der Waals surface area contributed by atoms with Crippen molar-refractivity contribution in [3.63, 3.8) is 0 Å². The highest BCUT2D eigenvalue weighted by molar-refractivity contribution is 5.97. The van der Waals surface area contributed by atoms with Crippen LogP contribution in [0, 0.1) is 32.1 Å². The monoisotopic (exact) mass is 370 g/mol. The lowest BCUT2D eigenvalue weighted by molar-refractivity contribution is 0.471. The zero-order valence-corrected chi connectivity index (χ0v) is 15.7. The quantitative estimate of drug-likeness (QED) is 0.493. The Morgan fingerprint density at radius 1 is 1.04 bits per heavy atom. The molecule has 0 aliphatic rings. The molecule has 7 nitrogen and oxygen atoms in total. The minimum absolute atomic E-state index is 0.190. The molecule has 3 heterocycles. The van der Waals surface area contributed by atoms with Crippen molar-refractivity contribution in [2.24, 2.45) is 0 Å². The molecule has 0 saturated carbocycles. The summed E-state index contributed by atoms with van der Waals surface area (Å²) in [7, 11) is 0. The second-order valence-corrected chi connectivity index (χ2v) is 6.74. The highest BCUT2D eigenvalue weighted by Gasteiger charge is 2.20. The third-order valence-electron chi connectivity index (χ3n) is 5.06. The molecule has 0 atom stereocenters. The molecule has 4 N–H and O–H groups in total. The van der Waals surface area contributed by atoms with Gasteiger partial charge in [0.1, 0.15) is 17.5 Å². The zero-order chi connectivity index (χ0) is 20.0. The molecule has 0 saturated heterocycles. The molecular weight excluding hydrogens is 352 g/mol. The summed E-state index contributed by atoms with van der Waals surface area (Å²) < 4.78 is 0. The van der Waals surface area contributed by atoms with E-state index in [1.807, 2.05) is 26.8 Å². The summed E-state index contributed by atoms with van der Waals surface area (Å²) in [6.45, 7) is 5.72. The van der Waals surface area contributed by atoms with E-state index in [0.29, 0.717) is 16.8 Å². The summed E-state index contributed by atoms with van der Waals surface area (Å²) in [5.41, 5.74) is 12.3. The molecule has 28 heavy (non-hydrogen) atoms. The van der Waals surface area contributed by atoms with Crippen molar-refractivity contribution < 1.29 is 5.11 Å². The van der Waals surface area contributed by atoms with Crippen LogP contribution in [0.5, 0.6) is 5.75 Å². The molecule has 7 heteroatoms. The van der Waals surface area contributed by atoms with Crippen molar-refractivity contribution in [1.29, 1.82) is 5.26 Å². The van der Waals surface area contributed by atoms with E-state index in [1.165, 1.54) is 0 Å². The SMILES string of the molecule is Cc1ccc(O)c(C)c1-c1cnc2[nH]c(-c3cnc(N)nc3)c(C)c2c1C#N. The van der Waals surface area contributed by atoms with Gasteiger partial charge in [0.05, 0.1) is 11.3 Å². The number of H-pyrrole nitrogens is 1. The largest absolute Gasteiger partial charge is 0.508 e. The number of aromatic amines is 1. The van der Waals surface area contributed by atoms with Gasteiger partial charge >= 0.3 is 0 Å². The van der Waals surface area contributed by atoms with Gasteiger partial charge in [0.25, 0.3) is 0 Å². The molecule has 0 radical (unpaired) electrons. The van der Waals surface area contributed by atoms with Gasteiger partial charge in [-0.1, -0.05) is 6.07 Å². The van der Waals surface area contributed by atoms with Crippen molar-refractivity contribution in [3.8, 4) is 34.2 Å². The normalized spacial score (nSPS) is 10.9. The predicted octanol–water partition coefficient (Wildman–Crippen LogP) is 3.77. The van der Waals surface area contributed by atoms with Gasteiger partial charge in [-0.2, -0.15) is 5.26 Å². The molecule has 0 aliphatic heterocycles. The maximum Gasteiger partial charge on any atom is 0.219 e. The molecule has 0 fully saturated rings. The molecule has 0 spiro atoms. The summed E-state index contributed by atoms with van der Waals surface area (Å²) in [5, 5.41) is 20.9. The van der Waals surface area contributed by atoms with E-state index in [1.54, 1.807) is 24.7 Å². The number of phenols is 1. The first-order valence-electron chi connectivity index (χ1n) is 8.71. The van der Waals surface area contributed by atoms with Crippen LogP contribution in [0.15, 0.2) is 30.7 Å². The first kappa shape index (κ1) is 17.5. The van der Waals surface area contributed by atoms with Gasteiger partial charge < -0.3 is 15.8 Å². The Morgan fingerprint density at radius 2 is 1.75 bits per heavy atom. The molecule has 0 aliphatic carbocycles. The third-order valence-corrected chi connectivity index (χ3v) is 5.06. The number of aromatic nitrogens is 4. The number of hydrogen-bond donors (Lipinski definition) is 3. The summed E-state index contributed by atoms with van der Waals surface area (Å²) in [6.07, 6.45) is 4.95. The van der Waals surface area contributed by atoms with Gasteiger partial charge in [0.15, 0.2) is 0 Å². The number of rotatable bonds is 2. The van der Waals surface area contributed by atoms with E-state index in [0.717, 1.165) is 38.9 Å². The fourth-order valence-electron chi connectivity index (χ4n) is 3.62. The van der Waals surface area contributed by atoms with Crippen molar-refractivity contribution in [2.45, 2.75) is 20.8 Å². The van der Waals surface area contributed by atoms with E-state index in [2.05, 4.69) is 26.0 Å². The van der Waals surface area contributed by atoms with Crippen molar-refractivity contribution >= 4 is 17.0 Å². The van der Waals surface area contributed by atoms with E-state index in [4.69, 9.17) is 5.73 Å². The van der Waals surface area contributed by atoms with Gasteiger partial charge in [-0.05, 0) is 49.1 Å². The highest BCUT2D eigenvalue weighted by Crippen LogP contribution is 2.38. The number of nitriles is 1. The second-order valence-electron chi connectivity index (χ2n) is 6.74. The van der Waals surface area contributed by atoms with Crippen LogP contribution in [0.4, 0.5) is 5.95 Å². The maximum atomic E-state index is 10.2. The molecule has 0 amide bonds. The standard InChI is InChI=1S/C21H18N6O/c1-10-4-5-16(28)11(2)17(10)15-9-24-20-18(14(15)6-22)12(3)19(27-20)13-7-25-21(23)26-8-13/h4-5,7-9,28H,1-3H3,(H,24,27)(H2,23,25,26). The number of aromatic hydroxyl groups is 1. The van der Waals surface area contributed by atoms with Crippen LogP contribution < -0.4 is 5.73 Å². The number of anilines is 1. The number of benzene rings is 1. The fraction of sp³-hybridized carbons (Fsp3) is 0.143. The number of phenolic OH excluding ortho intramolecular Hbond substituents is 1. The lowest BCUT2D eigenvalue weighted by Crippen LogP contribution is -1.95. The Balaban J connectivity index is 2.03. The van der Waals surface area contributed by atoms with Crippen LogP contribution in [-0.2, 0) is 0 Å². The van der Waals surface area contributed by atoms with Gasteiger partial charge in [-0.25, -0.2) is 15.0 Å². The zero-order valence-electron chi connectivity index (χ0n) is 15.7. The Bertz CT molecular complexity index is 1270. The maximum absolute atomic E-state index is 10.2. The minimum atomic E-state index is 0.190. The molecular formula is C21H18N6O. The number of pyridine rings is 1. The molecule has 0 unspecified atom stereocenters. The van der Waals surface area contributed by atoms with E-state index >= 15 is 0 Å². The average molecular weight is 370 g/mol. The number of nitrogens with one attached hydrogen (secondary N) is 1. The first-order valence-corrected chi connectivity index (χ1v) is 8.71. The summed E-state index contributed by atoms with van der Waals surface area (Å²) in [6, 6.07) is 5.83. The van der Waals surface area contributed by atoms with E-state index in [-0.39, 0.29) is 11.7 Å². The first-order chi connectivity index (χ1) is 13.4. The summed E-state index contributed by atoms with van der Waals surface area (Å²) in [5.74, 6) is 0.389. The minimum Gasteiger partial charge on any atom is -0.508 e. The molecule has 4 rings (SSSR count). The molecule has 3 aromatic heterocycles. The number of nitrogens with two attached hydrogens (primary N) is 1. The Kier molecular flexibility index (Phi) is 3.97. The van der Waals surface area contributed by atoms with Crippen molar-refractivity contribution in [3.05, 3.63) is 53.0 Å². The van der Waals surface area contributed by atoms with Gasteiger partial charge in [-0.15, -0.1) is 0 Å². The molecule has 0 bridgehead atoms. The molecule has 138 valence electrons. The Labute approximate surface area is 161 Å². The van der Waals surface area contributed by atoms with Crippen LogP contribution in [0.1, 0.15) is 22.3 Å². The van der Waals surface area contributed by atoms with Crippen molar-refractivity contribution in [2.75, 3.05) is 5.73 Å². The molecule has 1 aromatic carbocycles. The van der Waals surface area contributed by atoms with Crippen LogP contribution in [0.3, 0.4) is 0 Å². The number of fused-ring (bicyclic) bond motifs is 1. The van der Waals surface area contributed by atoms with Crippen LogP contribution in [-0.4, -0.2) is 25.0 Å². The Hall–Kier alpha value is -3.92. The number of aryl methyl sites for hydroxylation is 2. The number of hydrogen-bond acceptors (Lipinski definition) is 6. The van der Waals surface area contributed by atoms with E-state index in [9.17, 15) is 10.4 Å². The summed E-state index contributed by atoms with van der Waals surface area (Å²) in [4.78, 5) is 15.9. The average Bonchev–Trinajstić information content (AvgIpc) is 3.02. The van der Waals surface area contributed by atoms with E-state index < -0.39 is 0 Å². The van der Waals surface area contributed by atoms with Gasteiger partial charge in [0.2, 0.25) is 5.95 Å².